The fourth-order valence-corrected chi connectivity index (χ4v) is 4.46. The summed E-state index contributed by atoms with van der Waals surface area (Å²) in [6.07, 6.45) is -1.41. The Morgan fingerprint density at radius 2 is 1.66 bits per heavy atom. The average Bonchev–Trinajstić information content (AvgIpc) is 3.46. The summed E-state index contributed by atoms with van der Waals surface area (Å²) in [6.45, 7) is 3.25. The molecule has 0 aliphatic carbocycles. The first-order valence-electron chi connectivity index (χ1n) is 14.0. The minimum atomic E-state index is -5.08. The molecular formula is C29H35F3N8O7. The van der Waals surface area contributed by atoms with Gasteiger partial charge in [-0.3, -0.25) is 14.5 Å². The average molecular weight is 665 g/mol. The van der Waals surface area contributed by atoms with Crippen LogP contribution >= 0.6 is 0 Å². The van der Waals surface area contributed by atoms with Gasteiger partial charge in [-0.1, -0.05) is 12.1 Å². The minimum Gasteiger partial charge on any atom is -0.495 e. The van der Waals surface area contributed by atoms with Gasteiger partial charge in [0.1, 0.15) is 17.3 Å². The van der Waals surface area contributed by atoms with Gasteiger partial charge in [-0.15, -0.1) is 0 Å². The fourth-order valence-electron chi connectivity index (χ4n) is 4.46. The standard InChI is InChI=1S/C27H34N8O5.C2HF3O2/c1-34-13-11-29-24(34)21-17-28-10-14-35(21)15-12-30-25(36)26(37)31-18-8-9-23(40-3)20(16-18)33-27(38)32-19-6-4-5-7-22(19)39-2;3-2(4,5)1(6)7/h4-9,11,13,16,21,28H,10,12,14-15,17H2,1-3H3,(H,30,36)(H,31,37)(H2,32,33,38);(H,6,7). The SMILES string of the molecule is COc1ccccc1NC(=O)Nc1cc(NC(=O)C(=O)NCCN2CCNCC2c2nccn2C)ccc1OC.O=C(O)C(F)(F)F. The molecule has 1 aliphatic heterocycles. The van der Waals surface area contributed by atoms with Gasteiger partial charge in [-0.05, 0) is 30.3 Å². The topological polar surface area (TPSA) is 188 Å². The number of para-hydroxylation sites is 2. The number of methoxy groups -OCH3 is 2. The number of carbonyl (C=O) groups is 4. The van der Waals surface area contributed by atoms with Crippen LogP contribution in [0, 0.1) is 0 Å². The minimum absolute atomic E-state index is 0.0740. The zero-order valence-electron chi connectivity index (χ0n) is 25.7. The van der Waals surface area contributed by atoms with E-state index in [0.717, 1.165) is 25.5 Å². The number of carboxylic acid groups (broad SMARTS) is 1. The molecule has 15 nitrogen and oxygen atoms in total. The maximum atomic E-state index is 12.6. The Morgan fingerprint density at radius 1 is 1.00 bits per heavy atom. The number of anilines is 3. The van der Waals surface area contributed by atoms with Gasteiger partial charge in [0.25, 0.3) is 0 Å². The van der Waals surface area contributed by atoms with Crippen LogP contribution in [-0.2, 0) is 21.4 Å². The highest BCUT2D eigenvalue weighted by Crippen LogP contribution is 2.29. The van der Waals surface area contributed by atoms with Gasteiger partial charge in [-0.2, -0.15) is 13.2 Å². The van der Waals surface area contributed by atoms with Crippen LogP contribution in [0.3, 0.4) is 0 Å². The summed E-state index contributed by atoms with van der Waals surface area (Å²) < 4.78 is 44.3. The van der Waals surface area contributed by atoms with Crippen molar-refractivity contribution < 1.29 is 46.9 Å². The summed E-state index contributed by atoms with van der Waals surface area (Å²) in [4.78, 5) is 53.3. The number of aromatic nitrogens is 2. The molecule has 1 aliphatic rings. The number of alkyl halides is 3. The van der Waals surface area contributed by atoms with Crippen LogP contribution in [0.5, 0.6) is 11.5 Å². The number of imidazole rings is 1. The Morgan fingerprint density at radius 3 is 2.30 bits per heavy atom. The van der Waals surface area contributed by atoms with E-state index in [2.05, 4.69) is 36.5 Å². The molecule has 47 heavy (non-hydrogen) atoms. The number of hydrogen-bond acceptors (Lipinski definition) is 9. The zero-order chi connectivity index (χ0) is 34.6. The van der Waals surface area contributed by atoms with Crippen LogP contribution in [0.15, 0.2) is 54.9 Å². The predicted molar refractivity (Wildman–Crippen MR) is 164 cm³/mol. The molecule has 0 bridgehead atoms. The van der Waals surface area contributed by atoms with Gasteiger partial charge < -0.3 is 45.7 Å². The molecule has 1 aromatic heterocycles. The van der Waals surface area contributed by atoms with E-state index >= 15 is 0 Å². The lowest BCUT2D eigenvalue weighted by Gasteiger charge is -2.35. The van der Waals surface area contributed by atoms with Crippen molar-refractivity contribution in [3.8, 4) is 11.5 Å². The molecular weight excluding hydrogens is 629 g/mol. The molecule has 6 N–H and O–H groups in total. The number of nitrogens with one attached hydrogen (secondary N) is 5. The highest BCUT2D eigenvalue weighted by atomic mass is 19.4. The number of urea groups is 1. The lowest BCUT2D eigenvalue weighted by molar-refractivity contribution is -0.192. The summed E-state index contributed by atoms with van der Waals surface area (Å²) in [5, 5.41) is 21.2. The smallest absolute Gasteiger partial charge is 0.490 e. The van der Waals surface area contributed by atoms with Crippen LogP contribution in [0.4, 0.5) is 35.0 Å². The number of hydrogen-bond donors (Lipinski definition) is 6. The second kappa shape index (κ2) is 16.8. The first-order chi connectivity index (χ1) is 22.3. The molecule has 3 aromatic rings. The van der Waals surface area contributed by atoms with Crippen molar-refractivity contribution in [2.45, 2.75) is 12.2 Å². The Kier molecular flexibility index (Phi) is 12.9. The second-order valence-corrected chi connectivity index (χ2v) is 9.86. The van der Waals surface area contributed by atoms with Crippen molar-refractivity contribution in [3.05, 3.63) is 60.7 Å². The maximum Gasteiger partial charge on any atom is 0.490 e. The van der Waals surface area contributed by atoms with Gasteiger partial charge in [0.05, 0.1) is 31.6 Å². The first-order valence-corrected chi connectivity index (χ1v) is 14.0. The second-order valence-electron chi connectivity index (χ2n) is 9.86. The molecule has 1 atom stereocenters. The molecule has 1 unspecified atom stereocenters. The Bertz CT molecular complexity index is 1550. The molecule has 2 heterocycles. The van der Waals surface area contributed by atoms with Gasteiger partial charge >= 0.3 is 30.0 Å². The molecule has 2 aromatic carbocycles. The molecule has 1 saturated heterocycles. The Balaban J connectivity index is 0.000000771. The molecule has 0 saturated carbocycles. The van der Waals surface area contributed by atoms with Gasteiger partial charge in [0, 0.05) is 57.9 Å². The van der Waals surface area contributed by atoms with Crippen LogP contribution in [0.25, 0.3) is 0 Å². The summed E-state index contributed by atoms with van der Waals surface area (Å²) in [5.41, 5.74) is 1.09. The van der Waals surface area contributed by atoms with E-state index in [1.807, 2.05) is 17.8 Å². The van der Waals surface area contributed by atoms with E-state index in [4.69, 9.17) is 19.4 Å². The molecule has 4 rings (SSSR count). The molecule has 4 amide bonds. The van der Waals surface area contributed by atoms with Gasteiger partial charge in [-0.25, -0.2) is 14.6 Å². The number of aliphatic carboxylic acids is 1. The molecule has 0 spiro atoms. The monoisotopic (exact) mass is 664 g/mol. The molecule has 0 radical (unpaired) electrons. The number of ether oxygens (including phenoxy) is 2. The van der Waals surface area contributed by atoms with E-state index in [-0.39, 0.29) is 6.04 Å². The summed E-state index contributed by atoms with van der Waals surface area (Å²) in [5.74, 6) is -2.53. The van der Waals surface area contributed by atoms with Crippen molar-refractivity contribution >= 4 is 40.9 Å². The Labute approximate surface area is 267 Å². The summed E-state index contributed by atoms with van der Waals surface area (Å²) in [6, 6.07) is 11.2. The van der Waals surface area contributed by atoms with Crippen LogP contribution < -0.4 is 36.1 Å². The van der Waals surface area contributed by atoms with Crippen molar-refractivity contribution in [2.75, 3.05) is 62.9 Å². The number of benzene rings is 2. The summed E-state index contributed by atoms with van der Waals surface area (Å²) in [7, 11) is 4.92. The highest BCUT2D eigenvalue weighted by molar-refractivity contribution is 6.39. The van der Waals surface area contributed by atoms with Crippen molar-refractivity contribution in [3.63, 3.8) is 0 Å². The quantitative estimate of drug-likeness (QED) is 0.186. The normalized spacial score (nSPS) is 14.6. The number of amides is 4. The third-order valence-electron chi connectivity index (χ3n) is 6.70. The number of piperazine rings is 1. The predicted octanol–water partition coefficient (Wildman–Crippen LogP) is 2.42. The van der Waals surface area contributed by atoms with E-state index in [1.54, 1.807) is 42.6 Å². The lowest BCUT2D eigenvalue weighted by atomic mass is 10.1. The molecule has 18 heteroatoms. The summed E-state index contributed by atoms with van der Waals surface area (Å²) >= 11 is 0. The molecule has 1 fully saturated rings. The number of nitrogens with zero attached hydrogens (tertiary/aromatic N) is 3. The first kappa shape index (κ1) is 36.1. The third-order valence-corrected chi connectivity index (χ3v) is 6.70. The number of carbonyl (C=O) groups excluding carboxylic acids is 3. The van der Waals surface area contributed by atoms with Crippen molar-refractivity contribution in [2.24, 2.45) is 7.05 Å². The molecule has 254 valence electrons. The van der Waals surface area contributed by atoms with Crippen molar-refractivity contribution in [1.29, 1.82) is 0 Å². The van der Waals surface area contributed by atoms with Crippen LogP contribution in [0.1, 0.15) is 11.9 Å². The van der Waals surface area contributed by atoms with E-state index in [9.17, 15) is 27.6 Å². The van der Waals surface area contributed by atoms with E-state index in [1.165, 1.54) is 20.3 Å². The van der Waals surface area contributed by atoms with E-state index in [0.29, 0.717) is 41.7 Å². The van der Waals surface area contributed by atoms with Crippen molar-refractivity contribution in [1.82, 2.24) is 25.1 Å². The highest BCUT2D eigenvalue weighted by Gasteiger charge is 2.38. The van der Waals surface area contributed by atoms with Crippen LogP contribution in [0.2, 0.25) is 0 Å². The number of rotatable bonds is 9. The van der Waals surface area contributed by atoms with Crippen LogP contribution in [-0.4, -0.2) is 96.5 Å². The largest absolute Gasteiger partial charge is 0.495 e. The van der Waals surface area contributed by atoms with Gasteiger partial charge in [0.15, 0.2) is 0 Å². The maximum absolute atomic E-state index is 12.6. The number of aryl methyl sites for hydroxylation is 1. The number of halogens is 3. The van der Waals surface area contributed by atoms with Gasteiger partial charge in [0.2, 0.25) is 0 Å². The number of carboxylic acids is 1. The Hall–Kier alpha value is -5.36. The zero-order valence-corrected chi connectivity index (χ0v) is 25.7. The fraction of sp³-hybridized carbons (Fsp3) is 0.345. The lowest BCUT2D eigenvalue weighted by Crippen LogP contribution is -2.49. The third kappa shape index (κ3) is 10.6. The van der Waals surface area contributed by atoms with E-state index < -0.39 is 30.0 Å².